The number of hydrogen-bond acceptors (Lipinski definition) is 8. The second-order valence-corrected chi connectivity index (χ2v) is 11.1. The van der Waals surface area contributed by atoms with Crippen LogP contribution in [0.15, 0.2) is 66.4 Å². The Bertz CT molecular complexity index is 1670. The topological polar surface area (TPSA) is 130 Å². The van der Waals surface area contributed by atoms with Crippen LogP contribution < -0.4 is 9.64 Å². The van der Waals surface area contributed by atoms with Gasteiger partial charge < -0.3 is 14.9 Å². The number of ketones is 1. The van der Waals surface area contributed by atoms with E-state index in [1.807, 2.05) is 20.8 Å². The molecule has 2 aromatic carbocycles. The number of thiazole rings is 1. The van der Waals surface area contributed by atoms with Gasteiger partial charge in [-0.25, -0.2) is 9.78 Å². The zero-order valence-electron chi connectivity index (χ0n) is 21.6. The molecular weight excluding hydrogens is 518 g/mol. The molecule has 1 fully saturated rings. The minimum Gasteiger partial charge on any atom is -0.507 e. The molecular formula is C29H25N3O6S. The lowest BCUT2D eigenvalue weighted by Gasteiger charge is -2.24. The number of aromatic carboxylic acids is 1. The molecule has 1 unspecified atom stereocenters. The number of benzene rings is 2. The second kappa shape index (κ2) is 9.63. The quantitative estimate of drug-likeness (QED) is 0.196. The maximum absolute atomic E-state index is 13.5. The van der Waals surface area contributed by atoms with Gasteiger partial charge in [0, 0.05) is 17.3 Å². The van der Waals surface area contributed by atoms with Gasteiger partial charge in [0.1, 0.15) is 17.6 Å². The zero-order valence-corrected chi connectivity index (χ0v) is 22.4. The highest BCUT2D eigenvalue weighted by Crippen LogP contribution is 2.44. The van der Waals surface area contributed by atoms with Crippen molar-refractivity contribution in [2.24, 2.45) is 0 Å². The van der Waals surface area contributed by atoms with Crippen molar-refractivity contribution < 1.29 is 29.3 Å². The van der Waals surface area contributed by atoms with Gasteiger partial charge in [-0.3, -0.25) is 19.5 Å². The van der Waals surface area contributed by atoms with Crippen LogP contribution >= 0.6 is 11.3 Å². The van der Waals surface area contributed by atoms with E-state index in [4.69, 9.17) is 4.74 Å². The fourth-order valence-corrected chi connectivity index (χ4v) is 5.62. The van der Waals surface area contributed by atoms with Crippen LogP contribution in [0, 0.1) is 0 Å². The highest BCUT2D eigenvalue weighted by Gasteiger charge is 2.49. The molecule has 0 bridgehead atoms. The maximum atomic E-state index is 13.5. The van der Waals surface area contributed by atoms with E-state index in [1.165, 1.54) is 23.2 Å². The highest BCUT2D eigenvalue weighted by molar-refractivity contribution is 7.22. The number of fused-ring (bicyclic) bond motifs is 1. The Morgan fingerprint density at radius 1 is 1.03 bits per heavy atom. The number of amides is 1. The number of methoxy groups -OCH3 is 1. The molecule has 2 N–H and O–H groups in total. The molecule has 0 spiro atoms. The number of nitrogens with zero attached hydrogens (tertiary/aromatic N) is 3. The highest BCUT2D eigenvalue weighted by atomic mass is 32.1. The van der Waals surface area contributed by atoms with Gasteiger partial charge in [-0.2, -0.15) is 0 Å². The number of carboxylic acid groups (broad SMARTS) is 1. The smallest absolute Gasteiger partial charge is 0.335 e. The summed E-state index contributed by atoms with van der Waals surface area (Å²) in [5, 5.41) is 21.1. The number of ether oxygens (including phenoxy) is 1. The first-order valence-corrected chi connectivity index (χ1v) is 12.9. The van der Waals surface area contributed by atoms with Crippen LogP contribution in [0.3, 0.4) is 0 Å². The Morgan fingerprint density at radius 2 is 1.77 bits per heavy atom. The Morgan fingerprint density at radius 3 is 2.41 bits per heavy atom. The number of aliphatic hydroxyl groups excluding tert-OH is 1. The predicted molar refractivity (Wildman–Crippen MR) is 147 cm³/mol. The van der Waals surface area contributed by atoms with Gasteiger partial charge >= 0.3 is 11.9 Å². The lowest BCUT2D eigenvalue weighted by Crippen LogP contribution is -2.29. The lowest BCUT2D eigenvalue weighted by molar-refractivity contribution is -0.132. The van der Waals surface area contributed by atoms with E-state index < -0.39 is 23.7 Å². The minimum atomic E-state index is -1.09. The SMILES string of the molecule is COc1ccc(/C(O)=C2\C(=O)C(=O)N(c3nc4ccc(C(=O)O)cc4s3)C2c2ccccn2)cc1C(C)(C)C. The summed E-state index contributed by atoms with van der Waals surface area (Å²) >= 11 is 1.08. The number of rotatable bonds is 5. The Kier molecular flexibility index (Phi) is 6.43. The summed E-state index contributed by atoms with van der Waals surface area (Å²) in [5.74, 6) is -2.53. The monoisotopic (exact) mass is 543 g/mol. The largest absolute Gasteiger partial charge is 0.507 e. The van der Waals surface area contributed by atoms with Crippen LogP contribution in [-0.4, -0.2) is 45.0 Å². The van der Waals surface area contributed by atoms with Crippen molar-refractivity contribution in [2.75, 3.05) is 12.0 Å². The van der Waals surface area contributed by atoms with E-state index in [0.29, 0.717) is 27.2 Å². The standard InChI is InChI=1S/C29H25N3O6S/c1-29(2,3)17-13-15(9-11-20(17)38-4)24(33)22-23(19-7-5-6-12-30-19)32(26(35)25(22)34)28-31-18-10-8-16(27(36)37)14-21(18)39-28/h5-14,23,33H,1-4H3,(H,36,37)/b24-22+. The van der Waals surface area contributed by atoms with Crippen LogP contribution in [0.2, 0.25) is 0 Å². The molecule has 0 aliphatic carbocycles. The van der Waals surface area contributed by atoms with Gasteiger partial charge in [0.2, 0.25) is 0 Å². The number of carbonyl (C=O) groups excluding carboxylic acids is 2. The average Bonchev–Trinajstić information content (AvgIpc) is 3.45. The molecule has 1 amide bonds. The number of aromatic nitrogens is 2. The lowest BCUT2D eigenvalue weighted by atomic mass is 9.84. The van der Waals surface area contributed by atoms with Crippen molar-refractivity contribution in [3.05, 3.63) is 88.8 Å². The van der Waals surface area contributed by atoms with E-state index >= 15 is 0 Å². The molecule has 1 atom stereocenters. The summed E-state index contributed by atoms with van der Waals surface area (Å²) in [5.41, 5.74) is 1.65. The Labute approximate surface area is 228 Å². The summed E-state index contributed by atoms with van der Waals surface area (Å²) in [6.45, 7) is 6.01. The minimum absolute atomic E-state index is 0.0789. The normalized spacial score (nSPS) is 17.1. The number of anilines is 1. The van der Waals surface area contributed by atoms with Gasteiger partial charge in [0.05, 0.1) is 34.2 Å². The average molecular weight is 544 g/mol. The van der Waals surface area contributed by atoms with Gasteiger partial charge in [-0.1, -0.05) is 38.2 Å². The first kappa shape index (κ1) is 26.1. The summed E-state index contributed by atoms with van der Waals surface area (Å²) in [6.07, 6.45) is 1.54. The predicted octanol–water partition coefficient (Wildman–Crippen LogP) is 5.32. The number of hydrogen-bond donors (Lipinski definition) is 2. The van der Waals surface area contributed by atoms with Crippen LogP contribution in [0.4, 0.5) is 5.13 Å². The number of carbonyl (C=O) groups is 3. The molecule has 0 saturated carbocycles. The molecule has 2 aromatic heterocycles. The molecule has 1 aliphatic rings. The number of aliphatic hydroxyl groups is 1. The van der Waals surface area contributed by atoms with Crippen molar-refractivity contribution in [3.8, 4) is 5.75 Å². The van der Waals surface area contributed by atoms with Gasteiger partial charge in [-0.05, 0) is 53.9 Å². The molecule has 5 rings (SSSR count). The van der Waals surface area contributed by atoms with E-state index in [9.17, 15) is 24.6 Å². The van der Waals surface area contributed by atoms with Crippen LogP contribution in [0.5, 0.6) is 5.75 Å². The van der Waals surface area contributed by atoms with Gasteiger partial charge in [-0.15, -0.1) is 0 Å². The van der Waals surface area contributed by atoms with Gasteiger partial charge in [0.25, 0.3) is 5.78 Å². The first-order chi connectivity index (χ1) is 18.5. The van der Waals surface area contributed by atoms with Gasteiger partial charge in [0.15, 0.2) is 5.13 Å². The van der Waals surface area contributed by atoms with E-state index in [0.717, 1.165) is 16.9 Å². The number of pyridine rings is 1. The fourth-order valence-electron chi connectivity index (χ4n) is 4.59. The van der Waals surface area contributed by atoms with Crippen molar-refractivity contribution in [2.45, 2.75) is 32.2 Å². The maximum Gasteiger partial charge on any atom is 0.335 e. The molecule has 1 saturated heterocycles. The molecule has 39 heavy (non-hydrogen) atoms. The summed E-state index contributed by atoms with van der Waals surface area (Å²) in [7, 11) is 1.56. The third-order valence-electron chi connectivity index (χ3n) is 6.52. The van der Waals surface area contributed by atoms with Crippen molar-refractivity contribution in [1.82, 2.24) is 9.97 Å². The molecule has 198 valence electrons. The van der Waals surface area contributed by atoms with E-state index in [-0.39, 0.29) is 27.4 Å². The van der Waals surface area contributed by atoms with Crippen molar-refractivity contribution in [3.63, 3.8) is 0 Å². The third-order valence-corrected chi connectivity index (χ3v) is 7.54. The molecule has 0 radical (unpaired) electrons. The summed E-state index contributed by atoms with van der Waals surface area (Å²) in [4.78, 5) is 48.5. The second-order valence-electron chi connectivity index (χ2n) is 10.1. The fraction of sp³-hybridized carbons (Fsp3) is 0.207. The third kappa shape index (κ3) is 4.52. The molecule has 4 aromatic rings. The number of carboxylic acids is 1. The van der Waals surface area contributed by atoms with Crippen molar-refractivity contribution >= 4 is 50.1 Å². The molecule has 1 aliphatic heterocycles. The summed E-state index contributed by atoms with van der Waals surface area (Å²) in [6, 6.07) is 13.6. The summed E-state index contributed by atoms with van der Waals surface area (Å²) < 4.78 is 6.05. The number of Topliss-reactive ketones (excluding diaryl/α,β-unsaturated/α-hetero) is 1. The van der Waals surface area contributed by atoms with E-state index in [2.05, 4.69) is 9.97 Å². The van der Waals surface area contributed by atoms with Crippen LogP contribution in [0.1, 0.15) is 54.0 Å². The van der Waals surface area contributed by atoms with Crippen LogP contribution in [0.25, 0.3) is 16.0 Å². The molecule has 9 nitrogen and oxygen atoms in total. The van der Waals surface area contributed by atoms with E-state index in [1.54, 1.807) is 49.6 Å². The Hall–Kier alpha value is -4.57. The molecule has 10 heteroatoms. The first-order valence-electron chi connectivity index (χ1n) is 12.1. The zero-order chi connectivity index (χ0) is 28.1. The molecule has 3 heterocycles. The van der Waals surface area contributed by atoms with Crippen molar-refractivity contribution in [1.29, 1.82) is 0 Å². The Balaban J connectivity index is 1.71. The van der Waals surface area contributed by atoms with Crippen LogP contribution in [-0.2, 0) is 15.0 Å².